The van der Waals surface area contributed by atoms with Crippen LogP contribution in [0, 0.1) is 0 Å². The van der Waals surface area contributed by atoms with Crippen LogP contribution in [0.3, 0.4) is 0 Å². The van der Waals surface area contributed by atoms with Gasteiger partial charge in [-0.3, -0.25) is 9.48 Å². The maximum absolute atomic E-state index is 12.5. The number of anilines is 1. The van der Waals surface area contributed by atoms with Gasteiger partial charge in [-0.2, -0.15) is 5.10 Å². The molecule has 0 fully saturated rings. The van der Waals surface area contributed by atoms with E-state index in [1.165, 1.54) is 10.9 Å². The topological polar surface area (TPSA) is 73.2 Å². The highest BCUT2D eigenvalue weighted by Crippen LogP contribution is 2.20. The smallest absolute Gasteiger partial charge is 0.343 e. The number of fused-ring (bicyclic) bond motifs is 1. The number of aromatic nitrogens is 2. The standard InChI is InChI=1S/C19H19N3O3/c1-3-25-19(24)16-12-20-22(2)18(16)21-17(23)11-14-9-6-8-13-7-4-5-10-15(13)14/h4-10,12H,3,11H2,1-2H3,(H,21,23). The van der Waals surface area contributed by atoms with Gasteiger partial charge in [0.15, 0.2) is 0 Å². The van der Waals surface area contributed by atoms with Gasteiger partial charge in [0.2, 0.25) is 5.91 Å². The van der Waals surface area contributed by atoms with Crippen LogP contribution in [0.1, 0.15) is 22.8 Å². The zero-order valence-corrected chi connectivity index (χ0v) is 14.2. The van der Waals surface area contributed by atoms with Gasteiger partial charge in [-0.1, -0.05) is 42.5 Å². The Balaban J connectivity index is 1.81. The largest absolute Gasteiger partial charge is 0.462 e. The Hall–Kier alpha value is -3.15. The first kappa shape index (κ1) is 16.7. The molecule has 2 aromatic carbocycles. The number of ether oxygens (including phenoxy) is 1. The normalized spacial score (nSPS) is 10.6. The highest BCUT2D eigenvalue weighted by molar-refractivity contribution is 6.01. The van der Waals surface area contributed by atoms with Crippen molar-refractivity contribution >= 4 is 28.5 Å². The number of nitrogens with one attached hydrogen (secondary N) is 1. The Labute approximate surface area is 145 Å². The van der Waals surface area contributed by atoms with E-state index in [-0.39, 0.29) is 24.5 Å². The van der Waals surface area contributed by atoms with Crippen molar-refractivity contribution in [1.82, 2.24) is 9.78 Å². The molecule has 0 bridgehead atoms. The molecule has 1 aromatic heterocycles. The first-order valence-corrected chi connectivity index (χ1v) is 8.05. The summed E-state index contributed by atoms with van der Waals surface area (Å²) in [7, 11) is 1.66. The fourth-order valence-corrected chi connectivity index (χ4v) is 2.74. The molecule has 128 valence electrons. The number of hydrogen-bond acceptors (Lipinski definition) is 4. The lowest BCUT2D eigenvalue weighted by Crippen LogP contribution is -2.19. The number of hydrogen-bond donors (Lipinski definition) is 1. The number of carbonyl (C=O) groups is 2. The van der Waals surface area contributed by atoms with Gasteiger partial charge in [-0.15, -0.1) is 0 Å². The second-order valence-electron chi connectivity index (χ2n) is 5.61. The molecule has 0 unspecified atom stereocenters. The molecule has 25 heavy (non-hydrogen) atoms. The van der Waals surface area contributed by atoms with Gasteiger partial charge in [0.1, 0.15) is 11.4 Å². The van der Waals surface area contributed by atoms with Gasteiger partial charge < -0.3 is 10.1 Å². The summed E-state index contributed by atoms with van der Waals surface area (Å²) in [6.07, 6.45) is 1.60. The number of aryl methyl sites for hydroxylation is 1. The zero-order valence-electron chi connectivity index (χ0n) is 14.2. The minimum Gasteiger partial charge on any atom is -0.462 e. The minimum absolute atomic E-state index is 0.203. The second-order valence-corrected chi connectivity index (χ2v) is 5.61. The average molecular weight is 337 g/mol. The summed E-state index contributed by atoms with van der Waals surface area (Å²) in [5.74, 6) is -0.384. The third-order valence-electron chi connectivity index (χ3n) is 3.92. The van der Waals surface area contributed by atoms with Crippen molar-refractivity contribution in [2.24, 2.45) is 7.05 Å². The lowest BCUT2D eigenvalue weighted by molar-refractivity contribution is -0.115. The number of amides is 1. The lowest BCUT2D eigenvalue weighted by atomic mass is 10.0. The second kappa shape index (κ2) is 7.17. The molecule has 1 N–H and O–H groups in total. The molecule has 6 heteroatoms. The van der Waals surface area contributed by atoms with Crippen molar-refractivity contribution in [3.8, 4) is 0 Å². The highest BCUT2D eigenvalue weighted by Gasteiger charge is 2.19. The summed E-state index contributed by atoms with van der Waals surface area (Å²) in [6.45, 7) is 1.99. The number of carbonyl (C=O) groups excluding carboxylic acids is 2. The quantitative estimate of drug-likeness (QED) is 0.727. The van der Waals surface area contributed by atoms with Crippen molar-refractivity contribution in [2.45, 2.75) is 13.3 Å². The molecule has 1 heterocycles. The number of esters is 1. The van der Waals surface area contributed by atoms with Crippen molar-refractivity contribution < 1.29 is 14.3 Å². The van der Waals surface area contributed by atoms with E-state index in [1.54, 1.807) is 14.0 Å². The van der Waals surface area contributed by atoms with Gasteiger partial charge in [0.25, 0.3) is 0 Å². The first-order chi connectivity index (χ1) is 12.1. The SMILES string of the molecule is CCOC(=O)c1cnn(C)c1NC(=O)Cc1cccc2ccccc12. The van der Waals surface area contributed by atoms with E-state index in [9.17, 15) is 9.59 Å². The summed E-state index contributed by atoms with van der Waals surface area (Å²) < 4.78 is 6.45. The molecule has 0 spiro atoms. The molecule has 0 radical (unpaired) electrons. The number of rotatable bonds is 5. The fourth-order valence-electron chi connectivity index (χ4n) is 2.74. The average Bonchev–Trinajstić information content (AvgIpc) is 2.96. The Kier molecular flexibility index (Phi) is 4.79. The summed E-state index contributed by atoms with van der Waals surface area (Å²) in [6, 6.07) is 13.8. The molecule has 0 atom stereocenters. The fraction of sp³-hybridized carbons (Fsp3) is 0.211. The Morgan fingerprint density at radius 2 is 1.92 bits per heavy atom. The Bertz CT molecular complexity index is 925. The van der Waals surface area contributed by atoms with Crippen molar-refractivity contribution in [3.63, 3.8) is 0 Å². The maximum atomic E-state index is 12.5. The molecule has 0 saturated heterocycles. The summed E-state index contributed by atoms with van der Waals surface area (Å²) in [5.41, 5.74) is 1.17. The molecule has 1 amide bonds. The summed E-state index contributed by atoms with van der Waals surface area (Å²) in [5, 5.41) is 8.92. The van der Waals surface area contributed by atoms with Gasteiger partial charge in [0, 0.05) is 7.05 Å². The van der Waals surface area contributed by atoms with Crippen LogP contribution < -0.4 is 5.32 Å². The zero-order chi connectivity index (χ0) is 17.8. The van der Waals surface area contributed by atoms with Crippen LogP contribution in [0.5, 0.6) is 0 Å². The molecule has 6 nitrogen and oxygen atoms in total. The molecular weight excluding hydrogens is 318 g/mol. The molecule has 3 rings (SSSR count). The molecule has 0 aliphatic rings. The van der Waals surface area contributed by atoms with E-state index in [4.69, 9.17) is 4.74 Å². The van der Waals surface area contributed by atoms with Crippen LogP contribution >= 0.6 is 0 Å². The van der Waals surface area contributed by atoms with Gasteiger partial charge >= 0.3 is 5.97 Å². The number of nitrogens with zero attached hydrogens (tertiary/aromatic N) is 2. The van der Waals surface area contributed by atoms with E-state index in [2.05, 4.69) is 10.4 Å². The van der Waals surface area contributed by atoms with Crippen molar-refractivity contribution in [3.05, 3.63) is 59.8 Å². The van der Waals surface area contributed by atoms with Crippen LogP contribution in [0.4, 0.5) is 5.82 Å². The molecular formula is C19H19N3O3. The van der Waals surface area contributed by atoms with Gasteiger partial charge in [0.05, 0.1) is 19.2 Å². The predicted octanol–water partition coefficient (Wildman–Crippen LogP) is 2.93. The van der Waals surface area contributed by atoms with E-state index >= 15 is 0 Å². The first-order valence-electron chi connectivity index (χ1n) is 8.05. The minimum atomic E-state index is -0.504. The highest BCUT2D eigenvalue weighted by atomic mass is 16.5. The number of benzene rings is 2. The van der Waals surface area contributed by atoms with Crippen LogP contribution in [0.2, 0.25) is 0 Å². The molecule has 0 aliphatic carbocycles. The van der Waals surface area contributed by atoms with Crippen LogP contribution in [-0.2, 0) is 23.0 Å². The van der Waals surface area contributed by atoms with Crippen molar-refractivity contribution in [1.29, 1.82) is 0 Å². The third kappa shape index (κ3) is 3.52. The van der Waals surface area contributed by atoms with Crippen molar-refractivity contribution in [2.75, 3.05) is 11.9 Å². The van der Waals surface area contributed by atoms with Gasteiger partial charge in [-0.25, -0.2) is 4.79 Å². The Morgan fingerprint density at radius 3 is 2.72 bits per heavy atom. The Morgan fingerprint density at radius 1 is 1.16 bits per heavy atom. The predicted molar refractivity (Wildman–Crippen MR) is 95.4 cm³/mol. The molecule has 0 saturated carbocycles. The molecule has 3 aromatic rings. The monoisotopic (exact) mass is 337 g/mol. The summed E-state index contributed by atoms with van der Waals surface area (Å²) >= 11 is 0. The lowest BCUT2D eigenvalue weighted by Gasteiger charge is -2.10. The maximum Gasteiger partial charge on any atom is 0.343 e. The molecule has 0 aliphatic heterocycles. The van der Waals surface area contributed by atoms with Crippen LogP contribution in [0.25, 0.3) is 10.8 Å². The van der Waals surface area contributed by atoms with Gasteiger partial charge in [-0.05, 0) is 23.3 Å². The third-order valence-corrected chi connectivity index (χ3v) is 3.92. The van der Waals surface area contributed by atoms with Crippen LogP contribution in [0.15, 0.2) is 48.7 Å². The van der Waals surface area contributed by atoms with E-state index in [1.807, 2.05) is 42.5 Å². The van der Waals surface area contributed by atoms with E-state index in [0.717, 1.165) is 16.3 Å². The van der Waals surface area contributed by atoms with Crippen LogP contribution in [-0.4, -0.2) is 28.3 Å². The van der Waals surface area contributed by atoms with E-state index in [0.29, 0.717) is 5.82 Å². The van der Waals surface area contributed by atoms with E-state index < -0.39 is 5.97 Å². The summed E-state index contributed by atoms with van der Waals surface area (Å²) in [4.78, 5) is 24.5.